The van der Waals surface area contributed by atoms with E-state index in [0.717, 1.165) is 38.8 Å². The van der Waals surface area contributed by atoms with E-state index in [-0.39, 0.29) is 0 Å². The Hall–Kier alpha value is -5.18. The summed E-state index contributed by atoms with van der Waals surface area (Å²) in [5.74, 6) is 0.383. The number of nitrogens with one attached hydrogen (secondary N) is 1. The molecule has 0 aliphatic heterocycles. The minimum atomic E-state index is -0.575. The molecule has 3 N–H and O–H groups in total. The Kier molecular flexibility index (Phi) is 6.18. The summed E-state index contributed by atoms with van der Waals surface area (Å²) >= 11 is 0. The fourth-order valence-electron chi connectivity index (χ4n) is 4.73. The van der Waals surface area contributed by atoms with Gasteiger partial charge in [0.15, 0.2) is 5.82 Å². The maximum atomic E-state index is 12.2. The van der Waals surface area contributed by atoms with E-state index >= 15 is 0 Å². The monoisotopic (exact) mass is 531 g/mol. The van der Waals surface area contributed by atoms with Crippen LogP contribution < -0.4 is 11.1 Å². The molecule has 0 unspecified atom stereocenters. The number of nitrogen functional groups attached to an aromatic ring is 1. The van der Waals surface area contributed by atoms with E-state index in [2.05, 4.69) is 58.0 Å². The number of fused-ring (bicyclic) bond motifs is 2. The molecule has 200 valence electrons. The molecule has 3 heterocycles. The molecule has 1 amide bonds. The second-order valence-electron chi connectivity index (χ2n) is 10.6. The Labute approximate surface area is 231 Å². The van der Waals surface area contributed by atoms with Crippen molar-refractivity contribution < 1.29 is 9.53 Å². The van der Waals surface area contributed by atoms with Gasteiger partial charge in [-0.15, -0.1) is 0 Å². The maximum absolute atomic E-state index is 12.2. The summed E-state index contributed by atoms with van der Waals surface area (Å²) in [7, 11) is 0. The van der Waals surface area contributed by atoms with Gasteiger partial charge in [0.25, 0.3) is 0 Å². The minimum Gasteiger partial charge on any atom is -0.444 e. The Morgan fingerprint density at radius 2 is 1.73 bits per heavy atom. The third-order valence-corrected chi connectivity index (χ3v) is 6.46. The minimum absolute atomic E-state index is 0.383. The van der Waals surface area contributed by atoms with Crippen molar-refractivity contribution in [2.45, 2.75) is 32.9 Å². The van der Waals surface area contributed by atoms with Crippen LogP contribution in [0, 0.1) is 0 Å². The number of benzene rings is 3. The normalized spacial score (nSPS) is 11.7. The number of nitrogens with two attached hydrogens (primary N) is 1. The zero-order valence-corrected chi connectivity index (χ0v) is 22.5. The summed E-state index contributed by atoms with van der Waals surface area (Å²) < 4.78 is 9.10. The predicted octanol–water partition coefficient (Wildman–Crippen LogP) is 6.39. The molecule has 0 radical (unpaired) electrons. The molecule has 0 spiro atoms. The first-order valence-electron chi connectivity index (χ1n) is 13.0. The fraction of sp³-hybridized carbons (Fsp3) is 0.161. The molecule has 6 aromatic rings. The Morgan fingerprint density at radius 1 is 0.975 bits per heavy atom. The molecule has 0 atom stereocenters. The number of hydrogen-bond donors (Lipinski definition) is 2. The average Bonchev–Trinajstić information content (AvgIpc) is 3.50. The van der Waals surface area contributed by atoms with Crippen molar-refractivity contribution in [3.05, 3.63) is 97.0 Å². The number of hydrogen-bond acceptors (Lipinski definition) is 6. The summed E-state index contributed by atoms with van der Waals surface area (Å²) in [6.45, 7) is 6.18. The van der Waals surface area contributed by atoms with E-state index in [0.29, 0.717) is 18.1 Å². The maximum Gasteiger partial charge on any atom is 0.412 e. The molecule has 0 bridgehead atoms. The van der Waals surface area contributed by atoms with Crippen molar-refractivity contribution in [1.82, 2.24) is 24.4 Å². The van der Waals surface area contributed by atoms with Gasteiger partial charge < -0.3 is 10.5 Å². The van der Waals surface area contributed by atoms with Gasteiger partial charge in [-0.25, -0.2) is 14.3 Å². The number of anilines is 2. The van der Waals surface area contributed by atoms with E-state index in [1.807, 2.05) is 67.9 Å². The molecule has 3 aromatic carbocycles. The molecule has 0 saturated heterocycles. The van der Waals surface area contributed by atoms with Crippen LogP contribution >= 0.6 is 0 Å². The number of amides is 1. The fourth-order valence-corrected chi connectivity index (χ4v) is 4.73. The molecule has 0 saturated carbocycles. The van der Waals surface area contributed by atoms with E-state index in [1.54, 1.807) is 4.52 Å². The summed E-state index contributed by atoms with van der Waals surface area (Å²) in [5, 5.41) is 13.1. The van der Waals surface area contributed by atoms with Gasteiger partial charge in [-0.2, -0.15) is 10.2 Å². The molecule has 9 heteroatoms. The van der Waals surface area contributed by atoms with Crippen molar-refractivity contribution in [3.63, 3.8) is 0 Å². The second kappa shape index (κ2) is 9.85. The Balaban J connectivity index is 1.34. The number of ether oxygens (including phenoxy) is 1. The number of nitrogens with zero attached hydrogens (tertiary/aromatic N) is 5. The standard InChI is InChI=1S/C31H29N7O2/c1-31(2,3)40-30(39)35-24-13-11-21(12-14-24)27-16-25(28-29(32)33-19-34-38(27)28)22-9-10-23-18-37(36-26(23)15-22)17-20-7-5-4-6-8-20/h4-16,18-19H,17H2,1-3H3,(H,35,39)(H2,32,33,34). The lowest BCUT2D eigenvalue weighted by Gasteiger charge is -2.19. The molecule has 3 aromatic heterocycles. The Morgan fingerprint density at radius 3 is 2.48 bits per heavy atom. The van der Waals surface area contributed by atoms with Gasteiger partial charge in [-0.3, -0.25) is 10.00 Å². The SMILES string of the molecule is CC(C)(C)OC(=O)Nc1ccc(-c2cc(-c3ccc4cn(Cc5ccccc5)nc4c3)c3c(N)ncnn23)cc1. The molecule has 0 fully saturated rings. The highest BCUT2D eigenvalue weighted by atomic mass is 16.6. The van der Waals surface area contributed by atoms with Crippen molar-refractivity contribution >= 4 is 34.0 Å². The molecule has 0 aliphatic carbocycles. The lowest BCUT2D eigenvalue weighted by molar-refractivity contribution is 0.0636. The van der Waals surface area contributed by atoms with Crippen LogP contribution in [0.4, 0.5) is 16.3 Å². The van der Waals surface area contributed by atoms with Crippen LogP contribution in [0.5, 0.6) is 0 Å². The van der Waals surface area contributed by atoms with Gasteiger partial charge >= 0.3 is 6.09 Å². The van der Waals surface area contributed by atoms with Crippen LogP contribution in [0.25, 0.3) is 38.8 Å². The van der Waals surface area contributed by atoms with Gasteiger partial charge in [0.2, 0.25) is 0 Å². The third kappa shape index (κ3) is 5.09. The van der Waals surface area contributed by atoms with Crippen molar-refractivity contribution in [2.75, 3.05) is 11.1 Å². The van der Waals surface area contributed by atoms with E-state index in [1.165, 1.54) is 11.9 Å². The van der Waals surface area contributed by atoms with E-state index in [9.17, 15) is 4.79 Å². The zero-order chi connectivity index (χ0) is 27.9. The highest BCUT2D eigenvalue weighted by Crippen LogP contribution is 2.36. The molecule has 9 nitrogen and oxygen atoms in total. The molecular formula is C31H29N7O2. The van der Waals surface area contributed by atoms with Gasteiger partial charge in [-0.05, 0) is 56.2 Å². The van der Waals surface area contributed by atoms with Gasteiger partial charge in [0.05, 0.1) is 17.8 Å². The zero-order valence-electron chi connectivity index (χ0n) is 22.5. The van der Waals surface area contributed by atoms with Crippen LogP contribution in [0.3, 0.4) is 0 Å². The summed E-state index contributed by atoms with van der Waals surface area (Å²) in [5.41, 5.74) is 12.8. The average molecular weight is 532 g/mol. The summed E-state index contributed by atoms with van der Waals surface area (Å²) in [6, 6.07) is 26.0. The molecule has 40 heavy (non-hydrogen) atoms. The highest BCUT2D eigenvalue weighted by Gasteiger charge is 2.19. The second-order valence-corrected chi connectivity index (χ2v) is 10.6. The van der Waals surface area contributed by atoms with Crippen LogP contribution in [0.2, 0.25) is 0 Å². The number of rotatable bonds is 5. The van der Waals surface area contributed by atoms with Crippen molar-refractivity contribution in [3.8, 4) is 22.4 Å². The van der Waals surface area contributed by atoms with Gasteiger partial charge in [-0.1, -0.05) is 54.6 Å². The predicted molar refractivity (Wildman–Crippen MR) is 157 cm³/mol. The Bertz CT molecular complexity index is 1830. The summed E-state index contributed by atoms with van der Waals surface area (Å²) in [4.78, 5) is 16.4. The topological polar surface area (TPSA) is 112 Å². The first kappa shape index (κ1) is 25.1. The third-order valence-electron chi connectivity index (χ3n) is 6.46. The van der Waals surface area contributed by atoms with Crippen LogP contribution in [0.1, 0.15) is 26.3 Å². The van der Waals surface area contributed by atoms with Crippen LogP contribution in [-0.2, 0) is 11.3 Å². The summed E-state index contributed by atoms with van der Waals surface area (Å²) in [6.07, 6.45) is 3.00. The first-order valence-corrected chi connectivity index (χ1v) is 13.0. The van der Waals surface area contributed by atoms with Gasteiger partial charge in [0, 0.05) is 28.4 Å². The van der Waals surface area contributed by atoms with Gasteiger partial charge in [0.1, 0.15) is 17.4 Å². The molecule has 0 aliphatic rings. The number of carbonyl (C=O) groups is 1. The number of carbonyl (C=O) groups excluding carboxylic acids is 1. The van der Waals surface area contributed by atoms with Crippen molar-refractivity contribution in [2.24, 2.45) is 0 Å². The largest absolute Gasteiger partial charge is 0.444 e. The van der Waals surface area contributed by atoms with Crippen LogP contribution in [-0.4, -0.2) is 36.1 Å². The van der Waals surface area contributed by atoms with E-state index in [4.69, 9.17) is 15.6 Å². The smallest absolute Gasteiger partial charge is 0.412 e. The van der Waals surface area contributed by atoms with Crippen molar-refractivity contribution in [1.29, 1.82) is 0 Å². The molecule has 6 rings (SSSR count). The quantitative estimate of drug-likeness (QED) is 0.267. The number of aromatic nitrogens is 5. The molecular weight excluding hydrogens is 502 g/mol. The van der Waals surface area contributed by atoms with Crippen LogP contribution in [0.15, 0.2) is 91.4 Å². The first-order chi connectivity index (χ1) is 19.2. The van der Waals surface area contributed by atoms with E-state index < -0.39 is 11.7 Å². The lowest BCUT2D eigenvalue weighted by atomic mass is 10.0. The lowest BCUT2D eigenvalue weighted by Crippen LogP contribution is -2.27. The highest BCUT2D eigenvalue weighted by molar-refractivity contribution is 5.95.